The largest absolute Gasteiger partial charge is 0.481 e. The molecule has 0 fully saturated rings. The molecule has 1 aromatic heterocycles. The second kappa shape index (κ2) is 5.89. The van der Waals surface area contributed by atoms with E-state index >= 15 is 0 Å². The smallest absolute Gasteiger partial charge is 0.309 e. The van der Waals surface area contributed by atoms with Crippen LogP contribution in [0.25, 0.3) is 10.9 Å². The summed E-state index contributed by atoms with van der Waals surface area (Å²) in [5.74, 6) is -1.31. The maximum Gasteiger partial charge on any atom is 0.309 e. The van der Waals surface area contributed by atoms with E-state index in [1.54, 1.807) is 0 Å². The molecule has 102 valence electrons. The molecule has 0 aliphatic heterocycles. The number of hydrogen-bond acceptors (Lipinski definition) is 2. The first-order valence-electron chi connectivity index (χ1n) is 6.46. The van der Waals surface area contributed by atoms with E-state index < -0.39 is 11.9 Å². The van der Waals surface area contributed by atoms with Crippen molar-refractivity contribution in [2.75, 3.05) is 6.61 Å². The van der Waals surface area contributed by atoms with Crippen molar-refractivity contribution in [2.45, 2.75) is 26.4 Å². The Morgan fingerprint density at radius 3 is 2.84 bits per heavy atom. The summed E-state index contributed by atoms with van der Waals surface area (Å²) in [6.07, 6.45) is 2.42. The third-order valence-electron chi connectivity index (χ3n) is 3.08. The maximum absolute atomic E-state index is 11.2. The highest BCUT2D eigenvalue weighted by Gasteiger charge is 2.19. The number of H-pyrrole nitrogens is 1. The third-order valence-corrected chi connectivity index (χ3v) is 3.08. The van der Waals surface area contributed by atoms with Gasteiger partial charge in [-0.2, -0.15) is 0 Å². The molecule has 2 aromatic rings. The molecule has 0 radical (unpaired) electrons. The van der Waals surface area contributed by atoms with E-state index in [9.17, 15) is 9.90 Å². The topological polar surface area (TPSA) is 62.3 Å². The van der Waals surface area contributed by atoms with Crippen LogP contribution in [0.2, 0.25) is 0 Å². The highest BCUT2D eigenvalue weighted by atomic mass is 16.5. The molecule has 1 atom stereocenters. The molecule has 0 amide bonds. The number of nitrogens with one attached hydrogen (secondary N) is 1. The Hall–Kier alpha value is -1.81. The van der Waals surface area contributed by atoms with Crippen LogP contribution in [0.15, 0.2) is 30.5 Å². The Kier molecular flexibility index (Phi) is 4.22. The van der Waals surface area contributed by atoms with Gasteiger partial charge in [0.05, 0.1) is 18.6 Å². The summed E-state index contributed by atoms with van der Waals surface area (Å²) in [6.45, 7) is 4.06. The van der Waals surface area contributed by atoms with Crippen LogP contribution in [0, 0.1) is 5.92 Å². The van der Waals surface area contributed by atoms with Crippen molar-refractivity contribution in [3.63, 3.8) is 0 Å². The Balaban J connectivity index is 2.09. The van der Waals surface area contributed by atoms with Crippen LogP contribution < -0.4 is 0 Å². The van der Waals surface area contributed by atoms with Gasteiger partial charge in [0.2, 0.25) is 0 Å². The number of carboxylic acids is 1. The molecular weight excluding hydrogens is 242 g/mol. The zero-order valence-corrected chi connectivity index (χ0v) is 11.2. The number of aromatic amines is 1. The fourth-order valence-electron chi connectivity index (χ4n) is 2.04. The number of rotatable bonds is 6. The summed E-state index contributed by atoms with van der Waals surface area (Å²) in [5.41, 5.74) is 2.08. The third kappa shape index (κ3) is 3.58. The Labute approximate surface area is 112 Å². The predicted octanol–water partition coefficient (Wildman–Crippen LogP) is 2.84. The van der Waals surface area contributed by atoms with Crippen molar-refractivity contribution >= 4 is 16.9 Å². The van der Waals surface area contributed by atoms with E-state index in [0.29, 0.717) is 6.42 Å². The normalized spacial score (nSPS) is 13.0. The number of benzene rings is 1. The number of ether oxygens (including phenoxy) is 1. The molecule has 0 bridgehead atoms. The fourth-order valence-corrected chi connectivity index (χ4v) is 2.04. The fraction of sp³-hybridized carbons (Fsp3) is 0.400. The second-order valence-electron chi connectivity index (χ2n) is 5.02. The van der Waals surface area contributed by atoms with Gasteiger partial charge in [-0.1, -0.05) is 6.07 Å². The van der Waals surface area contributed by atoms with Crippen molar-refractivity contribution in [1.82, 2.24) is 4.98 Å². The Bertz CT molecular complexity index is 559. The summed E-state index contributed by atoms with van der Waals surface area (Å²) >= 11 is 0. The molecule has 0 spiro atoms. The zero-order valence-electron chi connectivity index (χ0n) is 11.2. The van der Waals surface area contributed by atoms with Gasteiger partial charge in [-0.25, -0.2) is 0 Å². The average molecular weight is 261 g/mol. The molecule has 1 heterocycles. The standard InChI is InChI=1S/C15H19NO3/c1-10(2)19-9-13(15(17)18)8-11-3-4-14-12(7-11)5-6-16-14/h3-7,10,13,16H,8-9H2,1-2H3,(H,17,18). The highest BCUT2D eigenvalue weighted by molar-refractivity contribution is 5.80. The van der Waals surface area contributed by atoms with Crippen LogP contribution in [-0.2, 0) is 16.0 Å². The maximum atomic E-state index is 11.2. The average Bonchev–Trinajstić information content (AvgIpc) is 2.81. The van der Waals surface area contributed by atoms with E-state index in [1.807, 2.05) is 44.3 Å². The van der Waals surface area contributed by atoms with Gasteiger partial charge in [-0.15, -0.1) is 0 Å². The molecule has 4 nitrogen and oxygen atoms in total. The first-order chi connectivity index (χ1) is 9.06. The molecule has 4 heteroatoms. The van der Waals surface area contributed by atoms with Crippen LogP contribution >= 0.6 is 0 Å². The van der Waals surface area contributed by atoms with E-state index in [2.05, 4.69) is 4.98 Å². The van der Waals surface area contributed by atoms with Gasteiger partial charge >= 0.3 is 5.97 Å². The molecule has 0 saturated carbocycles. The van der Waals surface area contributed by atoms with Crippen molar-refractivity contribution in [1.29, 1.82) is 0 Å². The van der Waals surface area contributed by atoms with Gasteiger partial charge < -0.3 is 14.8 Å². The summed E-state index contributed by atoms with van der Waals surface area (Å²) < 4.78 is 5.42. The van der Waals surface area contributed by atoms with Gasteiger partial charge in [0.15, 0.2) is 0 Å². The molecule has 2 N–H and O–H groups in total. The first kappa shape index (κ1) is 13.6. The van der Waals surface area contributed by atoms with Crippen molar-refractivity contribution in [3.05, 3.63) is 36.0 Å². The SMILES string of the molecule is CC(C)OCC(Cc1ccc2[nH]ccc2c1)C(=O)O. The van der Waals surface area contributed by atoms with Gasteiger partial charge in [0.1, 0.15) is 0 Å². The number of aromatic nitrogens is 1. The molecule has 0 saturated heterocycles. The molecule has 0 aliphatic carbocycles. The lowest BCUT2D eigenvalue weighted by Gasteiger charge is -2.15. The Morgan fingerprint density at radius 1 is 1.37 bits per heavy atom. The summed E-state index contributed by atoms with van der Waals surface area (Å²) in [6, 6.07) is 7.95. The minimum Gasteiger partial charge on any atom is -0.481 e. The molecule has 1 unspecified atom stereocenters. The molecule has 1 aromatic carbocycles. The quantitative estimate of drug-likeness (QED) is 0.840. The zero-order chi connectivity index (χ0) is 13.8. The van der Waals surface area contributed by atoms with Crippen LogP contribution in [0.1, 0.15) is 19.4 Å². The number of aliphatic carboxylic acids is 1. The van der Waals surface area contributed by atoms with Gasteiger partial charge in [-0.3, -0.25) is 4.79 Å². The van der Waals surface area contributed by atoms with E-state index in [0.717, 1.165) is 16.5 Å². The molecule has 2 rings (SSSR count). The van der Waals surface area contributed by atoms with Crippen LogP contribution in [0.4, 0.5) is 0 Å². The second-order valence-corrected chi connectivity index (χ2v) is 5.02. The number of carboxylic acid groups (broad SMARTS) is 1. The lowest BCUT2D eigenvalue weighted by atomic mass is 9.99. The Morgan fingerprint density at radius 2 is 2.16 bits per heavy atom. The minimum atomic E-state index is -0.810. The molecule has 19 heavy (non-hydrogen) atoms. The van der Waals surface area contributed by atoms with Crippen molar-refractivity contribution in [2.24, 2.45) is 5.92 Å². The lowest BCUT2D eigenvalue weighted by Crippen LogP contribution is -2.24. The molecular formula is C15H19NO3. The van der Waals surface area contributed by atoms with Crippen molar-refractivity contribution < 1.29 is 14.6 Å². The molecule has 0 aliphatic rings. The van der Waals surface area contributed by atoms with Gasteiger partial charge in [0.25, 0.3) is 0 Å². The van der Waals surface area contributed by atoms with E-state index in [1.165, 1.54) is 0 Å². The number of carbonyl (C=O) groups is 1. The number of hydrogen-bond donors (Lipinski definition) is 2. The first-order valence-corrected chi connectivity index (χ1v) is 6.46. The summed E-state index contributed by atoms with van der Waals surface area (Å²) in [7, 11) is 0. The van der Waals surface area contributed by atoms with Gasteiger partial charge in [-0.05, 0) is 49.4 Å². The monoisotopic (exact) mass is 261 g/mol. The van der Waals surface area contributed by atoms with Crippen LogP contribution in [-0.4, -0.2) is 28.8 Å². The van der Waals surface area contributed by atoms with Crippen LogP contribution in [0.3, 0.4) is 0 Å². The van der Waals surface area contributed by atoms with Gasteiger partial charge in [0, 0.05) is 11.7 Å². The van der Waals surface area contributed by atoms with E-state index in [-0.39, 0.29) is 12.7 Å². The highest BCUT2D eigenvalue weighted by Crippen LogP contribution is 2.17. The van der Waals surface area contributed by atoms with Crippen LogP contribution in [0.5, 0.6) is 0 Å². The summed E-state index contributed by atoms with van der Waals surface area (Å²) in [4.78, 5) is 14.4. The number of fused-ring (bicyclic) bond motifs is 1. The minimum absolute atomic E-state index is 0.0500. The predicted molar refractivity (Wildman–Crippen MR) is 74.2 cm³/mol. The van der Waals surface area contributed by atoms with E-state index in [4.69, 9.17) is 4.74 Å². The van der Waals surface area contributed by atoms with Crippen molar-refractivity contribution in [3.8, 4) is 0 Å². The summed E-state index contributed by atoms with van der Waals surface area (Å²) in [5, 5.41) is 10.3. The lowest BCUT2D eigenvalue weighted by molar-refractivity contribution is -0.144.